The fourth-order valence-electron chi connectivity index (χ4n) is 2.05. The number of hydrogen-bond donors (Lipinski definition) is 2. The van der Waals surface area contributed by atoms with Crippen LogP contribution in [0.25, 0.3) is 0 Å². The summed E-state index contributed by atoms with van der Waals surface area (Å²) < 4.78 is 4.94. The molecule has 17 heavy (non-hydrogen) atoms. The number of aliphatic hydroxyl groups excluding tert-OH is 1. The largest absolute Gasteiger partial charge is 0.467 e. The number of hydrogen-bond acceptors (Lipinski definition) is 5. The van der Waals surface area contributed by atoms with Crippen LogP contribution in [0.1, 0.15) is 19.3 Å². The van der Waals surface area contributed by atoms with Crippen molar-refractivity contribution in [2.24, 2.45) is 5.92 Å². The number of aliphatic hydroxyl groups is 1. The highest BCUT2D eigenvalue weighted by molar-refractivity contribution is 6.32. The second kappa shape index (κ2) is 5.51. The maximum absolute atomic E-state index is 9.43. The van der Waals surface area contributed by atoms with E-state index in [0.717, 1.165) is 25.8 Å². The third-order valence-electron chi connectivity index (χ3n) is 2.98. The first-order valence-corrected chi connectivity index (χ1v) is 6.05. The lowest BCUT2D eigenvalue weighted by atomic mass is 10.1. The van der Waals surface area contributed by atoms with Gasteiger partial charge in [0.1, 0.15) is 5.02 Å². The average molecular weight is 258 g/mol. The summed E-state index contributed by atoms with van der Waals surface area (Å²) in [5.74, 6) is 1.06. The number of methoxy groups -OCH3 is 1. The Kier molecular flexibility index (Phi) is 4.02. The van der Waals surface area contributed by atoms with Gasteiger partial charge in [0.2, 0.25) is 0 Å². The van der Waals surface area contributed by atoms with E-state index in [2.05, 4.69) is 15.3 Å². The molecule has 1 aliphatic carbocycles. The molecule has 2 N–H and O–H groups in total. The lowest BCUT2D eigenvalue weighted by molar-refractivity contribution is 0.178. The Bertz CT molecular complexity index is 389. The van der Waals surface area contributed by atoms with E-state index >= 15 is 0 Å². The van der Waals surface area contributed by atoms with E-state index in [-0.39, 0.29) is 6.10 Å². The van der Waals surface area contributed by atoms with E-state index in [1.807, 2.05) is 0 Å². The number of anilines is 1. The van der Waals surface area contributed by atoms with Crippen LogP contribution in [-0.2, 0) is 0 Å². The van der Waals surface area contributed by atoms with Crippen LogP contribution < -0.4 is 10.1 Å². The molecule has 0 radical (unpaired) electrons. The Morgan fingerprint density at radius 1 is 1.59 bits per heavy atom. The number of ether oxygens (including phenoxy) is 1. The Balaban J connectivity index is 1.94. The highest BCUT2D eigenvalue weighted by atomic mass is 35.5. The Morgan fingerprint density at radius 2 is 2.41 bits per heavy atom. The van der Waals surface area contributed by atoms with E-state index in [9.17, 15) is 5.11 Å². The SMILES string of the molecule is COc1ncc(Cl)c(NCC2CCC(O)C2)n1. The minimum absolute atomic E-state index is 0.155. The lowest BCUT2D eigenvalue weighted by Gasteiger charge is -2.12. The van der Waals surface area contributed by atoms with Gasteiger partial charge in [-0.15, -0.1) is 0 Å². The van der Waals surface area contributed by atoms with Crippen molar-refractivity contribution in [2.45, 2.75) is 25.4 Å². The molecule has 1 heterocycles. The monoisotopic (exact) mass is 257 g/mol. The average Bonchev–Trinajstić information content (AvgIpc) is 2.74. The molecule has 1 aromatic rings. The van der Waals surface area contributed by atoms with Gasteiger partial charge in [-0.05, 0) is 25.2 Å². The fourth-order valence-corrected chi connectivity index (χ4v) is 2.21. The van der Waals surface area contributed by atoms with Gasteiger partial charge in [-0.2, -0.15) is 4.98 Å². The third-order valence-corrected chi connectivity index (χ3v) is 3.25. The van der Waals surface area contributed by atoms with E-state index in [1.54, 1.807) is 0 Å². The molecular formula is C11H16ClN3O2. The number of rotatable bonds is 4. The lowest BCUT2D eigenvalue weighted by Crippen LogP contribution is -2.14. The van der Waals surface area contributed by atoms with Crippen LogP contribution in [0, 0.1) is 5.92 Å². The molecule has 0 amide bonds. The van der Waals surface area contributed by atoms with Gasteiger partial charge in [0, 0.05) is 6.54 Å². The summed E-state index contributed by atoms with van der Waals surface area (Å²) >= 11 is 5.97. The molecule has 0 spiro atoms. The molecule has 1 saturated carbocycles. The highest BCUT2D eigenvalue weighted by Gasteiger charge is 2.22. The van der Waals surface area contributed by atoms with Crippen molar-refractivity contribution in [3.63, 3.8) is 0 Å². The first kappa shape index (κ1) is 12.4. The Hall–Kier alpha value is -1.07. The topological polar surface area (TPSA) is 67.3 Å². The molecule has 2 unspecified atom stereocenters. The molecule has 2 rings (SSSR count). The van der Waals surface area contributed by atoms with Crippen LogP contribution in [0.3, 0.4) is 0 Å². The van der Waals surface area contributed by atoms with Crippen LogP contribution in [0.4, 0.5) is 5.82 Å². The normalized spacial score (nSPS) is 23.7. The van der Waals surface area contributed by atoms with Gasteiger partial charge in [0.25, 0.3) is 0 Å². The highest BCUT2D eigenvalue weighted by Crippen LogP contribution is 2.27. The second-order valence-corrected chi connectivity index (χ2v) is 4.67. The van der Waals surface area contributed by atoms with Crippen LogP contribution >= 0.6 is 11.6 Å². The molecule has 0 saturated heterocycles. The zero-order valence-electron chi connectivity index (χ0n) is 9.69. The van der Waals surface area contributed by atoms with Gasteiger partial charge in [-0.3, -0.25) is 0 Å². The number of nitrogens with zero attached hydrogens (tertiary/aromatic N) is 2. The summed E-state index contributed by atoms with van der Waals surface area (Å²) in [5.41, 5.74) is 0. The second-order valence-electron chi connectivity index (χ2n) is 4.27. The van der Waals surface area contributed by atoms with Gasteiger partial charge in [0.15, 0.2) is 5.82 Å². The quantitative estimate of drug-likeness (QED) is 0.860. The van der Waals surface area contributed by atoms with Crippen LogP contribution in [0.15, 0.2) is 6.20 Å². The molecule has 5 nitrogen and oxygen atoms in total. The van der Waals surface area contributed by atoms with E-state index in [1.165, 1.54) is 13.3 Å². The number of nitrogens with one attached hydrogen (secondary N) is 1. The number of halogens is 1. The fraction of sp³-hybridized carbons (Fsp3) is 0.636. The van der Waals surface area contributed by atoms with Gasteiger partial charge in [0.05, 0.1) is 19.4 Å². The standard InChI is InChI=1S/C11H16ClN3O2/c1-17-11-14-6-9(12)10(15-11)13-5-7-2-3-8(16)4-7/h6-8,16H,2-5H2,1H3,(H,13,14,15). The summed E-state index contributed by atoms with van der Waals surface area (Å²) in [6.07, 6.45) is 4.12. The molecule has 0 aliphatic heterocycles. The predicted molar refractivity (Wildman–Crippen MR) is 65.4 cm³/mol. The summed E-state index contributed by atoms with van der Waals surface area (Å²) in [6, 6.07) is 0.295. The molecule has 1 aliphatic rings. The first-order chi connectivity index (χ1) is 8.19. The smallest absolute Gasteiger partial charge is 0.318 e. The minimum Gasteiger partial charge on any atom is -0.467 e. The van der Waals surface area contributed by atoms with Crippen LogP contribution in [0.5, 0.6) is 6.01 Å². The zero-order chi connectivity index (χ0) is 12.3. The maximum Gasteiger partial charge on any atom is 0.318 e. The molecule has 94 valence electrons. The molecule has 1 fully saturated rings. The number of aromatic nitrogens is 2. The van der Waals surface area contributed by atoms with Crippen molar-refractivity contribution in [3.05, 3.63) is 11.2 Å². The Labute approximate surface area is 105 Å². The summed E-state index contributed by atoms with van der Waals surface area (Å²) in [4.78, 5) is 8.04. The van der Waals surface area contributed by atoms with Gasteiger partial charge < -0.3 is 15.2 Å². The maximum atomic E-state index is 9.43. The van der Waals surface area contributed by atoms with E-state index in [4.69, 9.17) is 16.3 Å². The van der Waals surface area contributed by atoms with Crippen molar-refractivity contribution in [1.82, 2.24) is 9.97 Å². The van der Waals surface area contributed by atoms with Gasteiger partial charge >= 0.3 is 6.01 Å². The molecular weight excluding hydrogens is 242 g/mol. The van der Waals surface area contributed by atoms with Crippen molar-refractivity contribution >= 4 is 17.4 Å². The third kappa shape index (κ3) is 3.20. The molecule has 6 heteroatoms. The first-order valence-electron chi connectivity index (χ1n) is 5.67. The zero-order valence-corrected chi connectivity index (χ0v) is 10.4. The van der Waals surface area contributed by atoms with Crippen molar-refractivity contribution in [3.8, 4) is 6.01 Å². The van der Waals surface area contributed by atoms with Crippen molar-refractivity contribution in [2.75, 3.05) is 19.0 Å². The van der Waals surface area contributed by atoms with Crippen LogP contribution in [0.2, 0.25) is 5.02 Å². The van der Waals surface area contributed by atoms with E-state index in [0.29, 0.717) is 22.8 Å². The molecule has 0 bridgehead atoms. The van der Waals surface area contributed by atoms with E-state index < -0.39 is 0 Å². The summed E-state index contributed by atoms with van der Waals surface area (Å²) in [7, 11) is 1.51. The van der Waals surface area contributed by atoms with Gasteiger partial charge in [-0.25, -0.2) is 4.98 Å². The minimum atomic E-state index is -0.155. The summed E-state index contributed by atoms with van der Waals surface area (Å²) in [5, 5.41) is 13.1. The van der Waals surface area contributed by atoms with Crippen molar-refractivity contribution < 1.29 is 9.84 Å². The summed E-state index contributed by atoms with van der Waals surface area (Å²) in [6.45, 7) is 0.761. The molecule has 1 aromatic heterocycles. The van der Waals surface area contributed by atoms with Crippen LogP contribution in [-0.4, -0.2) is 34.8 Å². The molecule has 2 atom stereocenters. The predicted octanol–water partition coefficient (Wildman–Crippen LogP) is 1.71. The van der Waals surface area contributed by atoms with Gasteiger partial charge in [-0.1, -0.05) is 11.6 Å². The van der Waals surface area contributed by atoms with Crippen molar-refractivity contribution in [1.29, 1.82) is 0 Å². The molecule has 0 aromatic carbocycles. The Morgan fingerprint density at radius 3 is 3.06 bits per heavy atom.